The van der Waals surface area contributed by atoms with Gasteiger partial charge < -0.3 is 9.88 Å². The molecule has 1 aliphatic carbocycles. The molecule has 0 aliphatic heterocycles. The summed E-state index contributed by atoms with van der Waals surface area (Å²) in [5, 5.41) is 3.27. The lowest BCUT2D eigenvalue weighted by molar-refractivity contribution is 0.678. The number of nitrogens with one attached hydrogen (secondary N) is 2. The second-order valence-electron chi connectivity index (χ2n) is 5.77. The zero-order valence-corrected chi connectivity index (χ0v) is 13.0. The van der Waals surface area contributed by atoms with Gasteiger partial charge >= 0.3 is 5.69 Å². The first kappa shape index (κ1) is 14.6. The predicted octanol–water partition coefficient (Wildman–Crippen LogP) is 1.26. The molecule has 22 heavy (non-hydrogen) atoms. The molecular weight excluding hydrogens is 282 g/mol. The van der Waals surface area contributed by atoms with E-state index < -0.39 is 11.2 Å². The van der Waals surface area contributed by atoms with E-state index in [0.29, 0.717) is 17.1 Å². The Labute approximate surface area is 127 Å². The summed E-state index contributed by atoms with van der Waals surface area (Å²) in [6, 6.07) is 0. The second-order valence-corrected chi connectivity index (χ2v) is 5.77. The van der Waals surface area contributed by atoms with Crippen molar-refractivity contribution in [2.75, 3.05) is 11.9 Å². The molecule has 0 spiro atoms. The minimum absolute atomic E-state index is 0.399. The van der Waals surface area contributed by atoms with Crippen LogP contribution in [0.4, 0.5) is 5.95 Å². The Bertz CT molecular complexity index is 840. The molecule has 118 valence electrons. The third-order valence-corrected chi connectivity index (χ3v) is 4.25. The number of allylic oxidation sites excluding steroid dienone is 1. The Morgan fingerprint density at radius 1 is 1.27 bits per heavy atom. The van der Waals surface area contributed by atoms with Crippen molar-refractivity contribution in [2.24, 2.45) is 14.1 Å². The average molecular weight is 303 g/mol. The van der Waals surface area contributed by atoms with E-state index in [0.717, 1.165) is 13.0 Å². The molecule has 2 aromatic rings. The van der Waals surface area contributed by atoms with Gasteiger partial charge in [-0.15, -0.1) is 0 Å². The highest BCUT2D eigenvalue weighted by Gasteiger charge is 2.14. The molecule has 2 aromatic heterocycles. The van der Waals surface area contributed by atoms with E-state index in [1.54, 1.807) is 18.7 Å². The molecule has 7 nitrogen and oxygen atoms in total. The van der Waals surface area contributed by atoms with Crippen molar-refractivity contribution in [2.45, 2.75) is 32.1 Å². The highest BCUT2D eigenvalue weighted by Crippen LogP contribution is 2.20. The Kier molecular flexibility index (Phi) is 3.87. The van der Waals surface area contributed by atoms with Crippen LogP contribution in [0.15, 0.2) is 21.2 Å². The first-order valence-corrected chi connectivity index (χ1v) is 7.65. The summed E-state index contributed by atoms with van der Waals surface area (Å²) in [6.45, 7) is 0.773. The number of hydrogen-bond donors (Lipinski definition) is 2. The number of hydrogen-bond acceptors (Lipinski definition) is 4. The Hall–Kier alpha value is -2.31. The highest BCUT2D eigenvalue weighted by molar-refractivity contribution is 5.73. The van der Waals surface area contributed by atoms with Gasteiger partial charge in [-0.25, -0.2) is 4.79 Å². The van der Waals surface area contributed by atoms with Crippen LogP contribution in [0.5, 0.6) is 0 Å². The maximum absolute atomic E-state index is 11.9. The van der Waals surface area contributed by atoms with Gasteiger partial charge in [-0.05, 0) is 32.1 Å². The number of rotatable bonds is 4. The molecule has 0 aromatic carbocycles. The van der Waals surface area contributed by atoms with Crippen LogP contribution in [0.1, 0.15) is 32.1 Å². The van der Waals surface area contributed by atoms with Crippen LogP contribution in [0, 0.1) is 0 Å². The van der Waals surface area contributed by atoms with E-state index in [2.05, 4.69) is 21.4 Å². The van der Waals surface area contributed by atoms with Gasteiger partial charge in [0.25, 0.3) is 5.56 Å². The van der Waals surface area contributed by atoms with E-state index in [-0.39, 0.29) is 0 Å². The van der Waals surface area contributed by atoms with Crippen molar-refractivity contribution >= 4 is 17.1 Å². The van der Waals surface area contributed by atoms with E-state index in [4.69, 9.17) is 0 Å². The van der Waals surface area contributed by atoms with Crippen LogP contribution in [0.2, 0.25) is 0 Å². The fraction of sp³-hybridized carbons (Fsp3) is 0.533. The van der Waals surface area contributed by atoms with Crippen molar-refractivity contribution in [1.82, 2.24) is 19.1 Å². The molecule has 0 saturated carbocycles. The van der Waals surface area contributed by atoms with E-state index in [9.17, 15) is 9.59 Å². The Morgan fingerprint density at radius 2 is 2.09 bits per heavy atom. The van der Waals surface area contributed by atoms with Crippen LogP contribution in [0.25, 0.3) is 11.2 Å². The van der Waals surface area contributed by atoms with Gasteiger partial charge in [0.1, 0.15) is 0 Å². The molecular formula is C15H21N5O2. The number of anilines is 1. The van der Waals surface area contributed by atoms with Crippen molar-refractivity contribution in [3.63, 3.8) is 0 Å². The van der Waals surface area contributed by atoms with Crippen LogP contribution in [0.3, 0.4) is 0 Å². The number of aryl methyl sites for hydroxylation is 2. The molecule has 3 rings (SSSR count). The normalized spacial score (nSPS) is 15.1. The van der Waals surface area contributed by atoms with Gasteiger partial charge in [0.15, 0.2) is 11.2 Å². The molecule has 0 saturated heterocycles. The summed E-state index contributed by atoms with van der Waals surface area (Å²) in [7, 11) is 3.38. The van der Waals surface area contributed by atoms with E-state index in [1.165, 1.54) is 35.8 Å². The number of H-pyrrole nitrogens is 1. The summed E-state index contributed by atoms with van der Waals surface area (Å²) in [5.41, 5.74) is 1.44. The van der Waals surface area contributed by atoms with Gasteiger partial charge in [-0.1, -0.05) is 11.6 Å². The minimum atomic E-state index is -0.450. The Balaban J connectivity index is 1.82. The fourth-order valence-corrected chi connectivity index (χ4v) is 2.93. The summed E-state index contributed by atoms with van der Waals surface area (Å²) in [4.78, 5) is 30.3. The van der Waals surface area contributed by atoms with Crippen LogP contribution >= 0.6 is 0 Å². The first-order valence-electron chi connectivity index (χ1n) is 7.65. The maximum atomic E-state index is 11.9. The largest absolute Gasteiger partial charge is 0.355 e. The summed E-state index contributed by atoms with van der Waals surface area (Å²) in [6.07, 6.45) is 8.23. The second kappa shape index (κ2) is 5.82. The van der Waals surface area contributed by atoms with Crippen molar-refractivity contribution in [3.05, 3.63) is 32.5 Å². The zero-order chi connectivity index (χ0) is 15.7. The lowest BCUT2D eigenvalue weighted by Gasteiger charge is -2.13. The predicted molar refractivity (Wildman–Crippen MR) is 86.2 cm³/mol. The first-order chi connectivity index (χ1) is 10.6. The number of fused-ring (bicyclic) bond motifs is 1. The molecule has 0 bridgehead atoms. The maximum Gasteiger partial charge on any atom is 0.329 e. The summed E-state index contributed by atoms with van der Waals surface area (Å²) in [5.74, 6) is 0.609. The monoisotopic (exact) mass is 303 g/mol. The van der Waals surface area contributed by atoms with Crippen LogP contribution in [-0.2, 0) is 14.1 Å². The van der Waals surface area contributed by atoms with Crippen LogP contribution < -0.4 is 16.6 Å². The Morgan fingerprint density at radius 3 is 2.82 bits per heavy atom. The number of aromatic amines is 1. The molecule has 1 aliphatic rings. The molecule has 0 amide bonds. The zero-order valence-electron chi connectivity index (χ0n) is 13.0. The van der Waals surface area contributed by atoms with Gasteiger partial charge in [0.05, 0.1) is 0 Å². The van der Waals surface area contributed by atoms with Gasteiger partial charge in [0, 0.05) is 20.6 Å². The topological polar surface area (TPSA) is 84.7 Å². The van der Waals surface area contributed by atoms with Crippen molar-refractivity contribution in [3.8, 4) is 0 Å². The lowest BCUT2D eigenvalue weighted by atomic mass is 9.97. The molecule has 0 radical (unpaired) electrons. The number of aromatic nitrogens is 4. The minimum Gasteiger partial charge on any atom is -0.355 e. The fourth-order valence-electron chi connectivity index (χ4n) is 2.93. The average Bonchev–Trinajstić information content (AvgIpc) is 2.84. The molecule has 7 heteroatoms. The molecule has 0 atom stereocenters. The molecule has 2 heterocycles. The van der Waals surface area contributed by atoms with E-state index in [1.807, 2.05) is 0 Å². The summed E-state index contributed by atoms with van der Waals surface area (Å²) >= 11 is 0. The lowest BCUT2D eigenvalue weighted by Crippen LogP contribution is -2.29. The summed E-state index contributed by atoms with van der Waals surface area (Å²) < 4.78 is 3.05. The third-order valence-electron chi connectivity index (χ3n) is 4.25. The van der Waals surface area contributed by atoms with Gasteiger partial charge in [-0.3, -0.25) is 14.3 Å². The quantitative estimate of drug-likeness (QED) is 0.833. The number of imidazole rings is 1. The molecule has 0 fully saturated rings. The standard InChI is InChI=1S/C15H21N5O2/c1-19-11-12(20(2)15(22)18-13(11)21)17-14(19)16-9-8-10-6-4-3-5-7-10/h6H,3-5,7-9H2,1-2H3,(H,16,17)(H,18,21,22). The molecule has 2 N–H and O–H groups in total. The van der Waals surface area contributed by atoms with Gasteiger partial charge in [0.2, 0.25) is 5.95 Å². The number of nitrogens with zero attached hydrogens (tertiary/aromatic N) is 3. The van der Waals surface area contributed by atoms with E-state index >= 15 is 0 Å². The highest BCUT2D eigenvalue weighted by atomic mass is 16.2. The molecule has 0 unspecified atom stereocenters. The SMILES string of the molecule is Cn1c(NCCC2=CCCCC2)nc2c1c(=O)[nH]c(=O)n2C. The van der Waals surface area contributed by atoms with Crippen molar-refractivity contribution < 1.29 is 0 Å². The third kappa shape index (κ3) is 2.58. The van der Waals surface area contributed by atoms with Crippen LogP contribution in [-0.4, -0.2) is 25.6 Å². The smallest absolute Gasteiger partial charge is 0.329 e. The van der Waals surface area contributed by atoms with Gasteiger partial charge in [-0.2, -0.15) is 4.98 Å². The van der Waals surface area contributed by atoms with Crippen molar-refractivity contribution in [1.29, 1.82) is 0 Å².